The van der Waals surface area contributed by atoms with Gasteiger partial charge in [-0.15, -0.1) is 0 Å². The van der Waals surface area contributed by atoms with Crippen LogP contribution >= 0.6 is 0 Å². The van der Waals surface area contributed by atoms with Gasteiger partial charge in [-0.25, -0.2) is 0 Å². The van der Waals surface area contributed by atoms with Crippen LogP contribution in [0.5, 0.6) is 0 Å². The van der Waals surface area contributed by atoms with Gasteiger partial charge in [0, 0.05) is 31.4 Å². The molecule has 4 heteroatoms. The third-order valence-corrected chi connectivity index (χ3v) is 4.22. The molecule has 0 radical (unpaired) electrons. The van der Waals surface area contributed by atoms with Crippen molar-refractivity contribution in [3.8, 4) is 0 Å². The zero-order valence-electron chi connectivity index (χ0n) is 13.4. The molecule has 2 N–H and O–H groups in total. The molecule has 0 aromatic heterocycles. The Morgan fingerprint density at radius 1 is 1.19 bits per heavy atom. The first-order valence-corrected chi connectivity index (χ1v) is 7.90. The van der Waals surface area contributed by atoms with Crippen molar-refractivity contribution in [2.75, 3.05) is 18.0 Å². The summed E-state index contributed by atoms with van der Waals surface area (Å²) < 4.78 is 0. The Morgan fingerprint density at radius 2 is 1.76 bits per heavy atom. The fourth-order valence-corrected chi connectivity index (χ4v) is 3.09. The molecule has 4 nitrogen and oxygen atoms in total. The summed E-state index contributed by atoms with van der Waals surface area (Å²) in [5.74, 6) is 0.240. The highest BCUT2D eigenvalue weighted by Gasteiger charge is 2.29. The maximum absolute atomic E-state index is 12.7. The molecular weight excluding hydrogens is 262 g/mol. The number of nitrogens with zero attached hydrogens (tertiary/aromatic N) is 2. The Balaban J connectivity index is 2.18. The van der Waals surface area contributed by atoms with Crippen molar-refractivity contribution in [2.24, 2.45) is 5.73 Å². The zero-order chi connectivity index (χ0) is 15.4. The standard InChI is InChI=1S/C17H27N3O/c1-13(2)20(16-8-6-15(12-18)7-9-16)14(3)17(21)19-10-4-5-11-19/h6-9,13-14H,4-5,10-12,18H2,1-3H3. The second kappa shape index (κ2) is 6.94. The number of hydrogen-bond acceptors (Lipinski definition) is 3. The van der Waals surface area contributed by atoms with Crippen LogP contribution in [0.2, 0.25) is 0 Å². The minimum Gasteiger partial charge on any atom is -0.357 e. The molecule has 1 aromatic carbocycles. The number of carbonyl (C=O) groups excluding carboxylic acids is 1. The van der Waals surface area contributed by atoms with E-state index >= 15 is 0 Å². The second-order valence-electron chi connectivity index (χ2n) is 6.08. The quantitative estimate of drug-likeness (QED) is 0.905. The summed E-state index contributed by atoms with van der Waals surface area (Å²) in [6, 6.07) is 8.35. The fraction of sp³-hybridized carbons (Fsp3) is 0.588. The number of carbonyl (C=O) groups is 1. The van der Waals surface area contributed by atoms with Gasteiger partial charge < -0.3 is 15.5 Å². The Labute approximate surface area is 127 Å². The average Bonchev–Trinajstić information content (AvgIpc) is 3.01. The van der Waals surface area contributed by atoms with Crippen LogP contribution in [-0.4, -0.2) is 36.0 Å². The lowest BCUT2D eigenvalue weighted by atomic mass is 10.1. The number of rotatable bonds is 5. The maximum Gasteiger partial charge on any atom is 0.244 e. The molecule has 1 aliphatic rings. The van der Waals surface area contributed by atoms with E-state index in [1.165, 1.54) is 0 Å². The number of nitrogens with two attached hydrogens (primary N) is 1. The van der Waals surface area contributed by atoms with E-state index in [1.807, 2.05) is 24.0 Å². The summed E-state index contributed by atoms with van der Waals surface area (Å²) in [6.07, 6.45) is 2.26. The molecule has 1 aromatic rings. The number of benzene rings is 1. The highest BCUT2D eigenvalue weighted by Crippen LogP contribution is 2.23. The van der Waals surface area contributed by atoms with Crippen LogP contribution in [0.3, 0.4) is 0 Å². The molecule has 2 rings (SSSR count). The number of hydrogen-bond donors (Lipinski definition) is 1. The molecule has 1 saturated heterocycles. The fourth-order valence-electron chi connectivity index (χ4n) is 3.09. The van der Waals surface area contributed by atoms with Gasteiger partial charge in [-0.1, -0.05) is 12.1 Å². The molecule has 1 atom stereocenters. The Kier molecular flexibility index (Phi) is 5.23. The van der Waals surface area contributed by atoms with Crippen molar-refractivity contribution in [3.63, 3.8) is 0 Å². The van der Waals surface area contributed by atoms with Crippen LogP contribution in [0.4, 0.5) is 5.69 Å². The first kappa shape index (κ1) is 15.8. The molecule has 116 valence electrons. The molecule has 1 aliphatic heterocycles. The van der Waals surface area contributed by atoms with Crippen LogP contribution in [0.25, 0.3) is 0 Å². The van der Waals surface area contributed by atoms with E-state index in [-0.39, 0.29) is 18.0 Å². The molecule has 0 saturated carbocycles. The van der Waals surface area contributed by atoms with Crippen molar-refractivity contribution < 1.29 is 4.79 Å². The Morgan fingerprint density at radius 3 is 2.24 bits per heavy atom. The Hall–Kier alpha value is -1.55. The smallest absolute Gasteiger partial charge is 0.244 e. The number of likely N-dealkylation sites (tertiary alicyclic amines) is 1. The lowest BCUT2D eigenvalue weighted by Gasteiger charge is -2.36. The largest absolute Gasteiger partial charge is 0.357 e. The van der Waals surface area contributed by atoms with E-state index in [0.717, 1.165) is 37.2 Å². The number of amides is 1. The van der Waals surface area contributed by atoms with Crippen LogP contribution < -0.4 is 10.6 Å². The van der Waals surface area contributed by atoms with Gasteiger partial charge in [-0.3, -0.25) is 4.79 Å². The molecule has 21 heavy (non-hydrogen) atoms. The van der Waals surface area contributed by atoms with Crippen LogP contribution in [-0.2, 0) is 11.3 Å². The van der Waals surface area contributed by atoms with E-state index in [1.54, 1.807) is 0 Å². The van der Waals surface area contributed by atoms with Gasteiger partial charge in [0.05, 0.1) is 0 Å². The summed E-state index contributed by atoms with van der Waals surface area (Å²) in [6.45, 7) is 8.62. The summed E-state index contributed by atoms with van der Waals surface area (Å²) in [5.41, 5.74) is 7.85. The van der Waals surface area contributed by atoms with Crippen molar-refractivity contribution in [2.45, 2.75) is 52.2 Å². The summed E-state index contributed by atoms with van der Waals surface area (Å²) >= 11 is 0. The molecule has 1 fully saturated rings. The van der Waals surface area contributed by atoms with Crippen LogP contribution in [0.1, 0.15) is 39.2 Å². The van der Waals surface area contributed by atoms with Gasteiger partial charge in [0.25, 0.3) is 0 Å². The van der Waals surface area contributed by atoms with Crippen LogP contribution in [0.15, 0.2) is 24.3 Å². The molecule has 0 aliphatic carbocycles. The van der Waals surface area contributed by atoms with Crippen molar-refractivity contribution in [3.05, 3.63) is 29.8 Å². The van der Waals surface area contributed by atoms with Gasteiger partial charge in [0.15, 0.2) is 0 Å². The van der Waals surface area contributed by atoms with E-state index in [4.69, 9.17) is 5.73 Å². The van der Waals surface area contributed by atoms with Gasteiger partial charge in [-0.05, 0) is 51.3 Å². The monoisotopic (exact) mass is 289 g/mol. The number of anilines is 1. The van der Waals surface area contributed by atoms with Gasteiger partial charge in [0.1, 0.15) is 6.04 Å². The normalized spacial score (nSPS) is 16.3. The highest BCUT2D eigenvalue weighted by molar-refractivity contribution is 5.85. The van der Waals surface area contributed by atoms with Gasteiger partial charge in [0.2, 0.25) is 5.91 Å². The predicted octanol–water partition coefficient (Wildman–Crippen LogP) is 2.37. The maximum atomic E-state index is 12.7. The van der Waals surface area contributed by atoms with Crippen molar-refractivity contribution in [1.29, 1.82) is 0 Å². The SMILES string of the molecule is CC(C)N(c1ccc(CN)cc1)C(C)C(=O)N1CCCC1. The zero-order valence-corrected chi connectivity index (χ0v) is 13.4. The first-order valence-electron chi connectivity index (χ1n) is 7.90. The van der Waals surface area contributed by atoms with Gasteiger partial charge >= 0.3 is 0 Å². The first-order chi connectivity index (χ1) is 10.0. The van der Waals surface area contributed by atoms with E-state index < -0.39 is 0 Å². The lowest BCUT2D eigenvalue weighted by Crippen LogP contribution is -2.49. The highest BCUT2D eigenvalue weighted by atomic mass is 16.2. The molecular formula is C17H27N3O. The predicted molar refractivity (Wildman–Crippen MR) is 87.2 cm³/mol. The molecule has 0 bridgehead atoms. The Bertz CT molecular complexity index is 463. The summed E-state index contributed by atoms with van der Waals surface area (Å²) in [4.78, 5) is 16.8. The summed E-state index contributed by atoms with van der Waals surface area (Å²) in [7, 11) is 0. The average molecular weight is 289 g/mol. The lowest BCUT2D eigenvalue weighted by molar-refractivity contribution is -0.131. The third kappa shape index (κ3) is 3.56. The van der Waals surface area contributed by atoms with E-state index in [2.05, 4.69) is 30.9 Å². The molecule has 1 heterocycles. The molecule has 0 spiro atoms. The third-order valence-electron chi connectivity index (χ3n) is 4.22. The molecule has 1 amide bonds. The summed E-state index contributed by atoms with van der Waals surface area (Å²) in [5, 5.41) is 0. The molecule has 1 unspecified atom stereocenters. The minimum absolute atomic E-state index is 0.133. The topological polar surface area (TPSA) is 49.6 Å². The van der Waals surface area contributed by atoms with E-state index in [9.17, 15) is 4.79 Å². The second-order valence-corrected chi connectivity index (χ2v) is 6.08. The van der Waals surface area contributed by atoms with Gasteiger partial charge in [-0.2, -0.15) is 0 Å². The van der Waals surface area contributed by atoms with Crippen LogP contribution in [0, 0.1) is 0 Å². The van der Waals surface area contributed by atoms with Crippen molar-refractivity contribution >= 4 is 11.6 Å². The van der Waals surface area contributed by atoms with Crippen molar-refractivity contribution in [1.82, 2.24) is 4.90 Å². The van der Waals surface area contributed by atoms with E-state index in [0.29, 0.717) is 6.54 Å². The minimum atomic E-state index is -0.133.